The van der Waals surface area contributed by atoms with Crippen LogP contribution in [0.5, 0.6) is 0 Å². The molecule has 0 bridgehead atoms. The van der Waals surface area contributed by atoms with Gasteiger partial charge in [0.25, 0.3) is 0 Å². The third kappa shape index (κ3) is 8.04. The third-order valence-electron chi connectivity index (χ3n) is 8.57. The quantitative estimate of drug-likeness (QED) is 0.101. The molecule has 0 saturated carbocycles. The van der Waals surface area contributed by atoms with Crippen molar-refractivity contribution in [3.63, 3.8) is 0 Å². The summed E-state index contributed by atoms with van der Waals surface area (Å²) < 4.78 is 39.2. The lowest BCUT2D eigenvalue weighted by atomic mass is 9.94. The number of nitrogens with one attached hydrogen (secondary N) is 1. The van der Waals surface area contributed by atoms with E-state index in [1.807, 2.05) is 0 Å². The molecule has 274 valence electrons. The second-order valence-electron chi connectivity index (χ2n) is 11.9. The van der Waals surface area contributed by atoms with Crippen LogP contribution >= 0.6 is 0 Å². The van der Waals surface area contributed by atoms with Gasteiger partial charge in [0.1, 0.15) is 91.5 Å². The highest BCUT2D eigenvalue weighted by Crippen LogP contribution is 2.34. The lowest BCUT2D eigenvalue weighted by Gasteiger charge is -2.50. The number of aliphatic hydroxyl groups is 12. The van der Waals surface area contributed by atoms with Gasteiger partial charge >= 0.3 is 0 Å². The zero-order chi connectivity index (χ0) is 34.9. The average Bonchev–Trinajstić information content (AvgIpc) is 3.04. The molecule has 0 aromatic carbocycles. The van der Waals surface area contributed by atoms with Crippen molar-refractivity contribution < 1.29 is 99.2 Å². The van der Waals surface area contributed by atoms with Crippen LogP contribution < -0.4 is 5.32 Å². The summed E-state index contributed by atoms with van der Waals surface area (Å²) in [5.74, 6) is -0.702. The van der Waals surface area contributed by atoms with Crippen LogP contribution in [0.3, 0.4) is 0 Å². The molecule has 4 aliphatic heterocycles. The van der Waals surface area contributed by atoms with E-state index in [0.717, 1.165) is 6.92 Å². The normalized spacial score (nSPS) is 51.0. The fourth-order valence-electron chi connectivity index (χ4n) is 5.88. The summed E-state index contributed by atoms with van der Waals surface area (Å²) in [6.07, 6.45) is -32.5. The lowest BCUT2D eigenvalue weighted by Crippen LogP contribution is -2.70. The highest BCUT2D eigenvalue weighted by Gasteiger charge is 2.55. The van der Waals surface area contributed by atoms with Gasteiger partial charge in [0.05, 0.1) is 25.9 Å². The number of aliphatic hydroxyl groups excluding tert-OH is 12. The summed E-state index contributed by atoms with van der Waals surface area (Å²) in [6, 6.07) is -1.52. The third-order valence-corrected chi connectivity index (χ3v) is 8.57. The molecule has 0 radical (unpaired) electrons. The Morgan fingerprint density at radius 1 is 0.553 bits per heavy atom. The fraction of sp³-hybridized carbons (Fsp3) is 0.962. The lowest BCUT2D eigenvalue weighted by molar-refractivity contribution is -0.385. The van der Waals surface area contributed by atoms with Gasteiger partial charge in [-0.25, -0.2) is 0 Å². The van der Waals surface area contributed by atoms with E-state index in [9.17, 15) is 66.1 Å². The van der Waals surface area contributed by atoms with Gasteiger partial charge in [-0.1, -0.05) is 0 Å². The van der Waals surface area contributed by atoms with Crippen LogP contribution in [0.4, 0.5) is 0 Å². The highest BCUT2D eigenvalue weighted by molar-refractivity contribution is 5.73. The Bertz CT molecular complexity index is 1010. The van der Waals surface area contributed by atoms with Crippen LogP contribution in [0.1, 0.15) is 13.8 Å². The summed E-state index contributed by atoms with van der Waals surface area (Å²) >= 11 is 0. The molecule has 0 aromatic heterocycles. The van der Waals surface area contributed by atoms with Crippen molar-refractivity contribution in [3.8, 4) is 0 Å². The van der Waals surface area contributed by atoms with Gasteiger partial charge in [-0.15, -0.1) is 0 Å². The fourth-order valence-corrected chi connectivity index (χ4v) is 5.88. The standard InChI is InChI=1S/C26H45NO20/c1-6-12(32)15(35)17(37)24(41-6)46-21-11(27-7(2)31)23(40)42-10(5-30)20(21)45-26-19(39)22(14(34)9(4-29)44-26)47-25-18(38)16(36)13(33)8(3-28)43-25/h6,8-26,28-30,32-40H,3-5H2,1-2H3,(H,27,31)/t6-,8+,9+,10+,11+,12+,13-,14-,15+,16-,17-,18+,19+,20-,21+,22-,23+,24-,25+,26-/m0/s1. The van der Waals surface area contributed by atoms with Crippen LogP contribution in [0.25, 0.3) is 0 Å². The van der Waals surface area contributed by atoms with Gasteiger partial charge in [-0.2, -0.15) is 0 Å². The molecule has 4 fully saturated rings. The number of rotatable bonds is 10. The summed E-state index contributed by atoms with van der Waals surface area (Å²) in [4.78, 5) is 12.1. The molecule has 0 spiro atoms. The number of hydrogen-bond acceptors (Lipinski definition) is 20. The van der Waals surface area contributed by atoms with Crippen LogP contribution in [-0.2, 0) is 38.0 Å². The maximum absolute atomic E-state index is 12.1. The SMILES string of the molecule is CC(=O)N[C@@H]1[C@@H](O[C@@H]2O[C@@H](C)[C@@H](O)[C@@H](O)[C@@H]2O)[C@@H](O[C@@H]2O[C@H](CO)[C@H](O)[C@H](O[C@H]3O[C@H](CO)[C@H](O)[C@H](O)[C@H]3O)[C@H]2O)[C@@H](CO)O[C@H]1O. The van der Waals surface area contributed by atoms with E-state index < -0.39 is 148 Å². The van der Waals surface area contributed by atoms with Crippen molar-refractivity contribution in [1.82, 2.24) is 5.32 Å². The first-order valence-electron chi connectivity index (χ1n) is 15.0. The first-order valence-corrected chi connectivity index (χ1v) is 15.0. The van der Waals surface area contributed by atoms with Gasteiger partial charge in [-0.3, -0.25) is 4.79 Å². The molecule has 4 rings (SSSR count). The first kappa shape index (κ1) is 38.5. The van der Waals surface area contributed by atoms with Gasteiger partial charge in [-0.05, 0) is 6.92 Å². The van der Waals surface area contributed by atoms with Crippen molar-refractivity contribution in [1.29, 1.82) is 0 Å². The van der Waals surface area contributed by atoms with E-state index in [1.54, 1.807) is 0 Å². The predicted octanol–water partition coefficient (Wildman–Crippen LogP) is -8.58. The van der Waals surface area contributed by atoms with Gasteiger partial charge in [0, 0.05) is 6.92 Å². The smallest absolute Gasteiger partial charge is 0.217 e. The minimum Gasteiger partial charge on any atom is -0.394 e. The molecule has 1 amide bonds. The number of hydrogen-bond donors (Lipinski definition) is 13. The molecule has 47 heavy (non-hydrogen) atoms. The van der Waals surface area contributed by atoms with Gasteiger partial charge < -0.3 is 99.8 Å². The molecule has 20 atom stereocenters. The van der Waals surface area contributed by atoms with E-state index in [0.29, 0.717) is 0 Å². The van der Waals surface area contributed by atoms with E-state index in [-0.39, 0.29) is 0 Å². The topological polar surface area (TPSA) is 336 Å². The molecule has 0 aliphatic carbocycles. The Morgan fingerprint density at radius 2 is 1.02 bits per heavy atom. The monoisotopic (exact) mass is 691 g/mol. The summed E-state index contributed by atoms with van der Waals surface area (Å²) in [5.41, 5.74) is 0. The van der Waals surface area contributed by atoms with E-state index in [1.165, 1.54) is 6.92 Å². The Morgan fingerprint density at radius 3 is 1.57 bits per heavy atom. The second kappa shape index (κ2) is 16.2. The maximum Gasteiger partial charge on any atom is 0.217 e. The number of amides is 1. The second-order valence-corrected chi connectivity index (χ2v) is 11.9. The summed E-state index contributed by atoms with van der Waals surface area (Å²) in [5, 5.41) is 126. The maximum atomic E-state index is 12.1. The molecule has 0 unspecified atom stereocenters. The molecule has 21 nitrogen and oxygen atoms in total. The van der Waals surface area contributed by atoms with Crippen LogP contribution in [0.2, 0.25) is 0 Å². The zero-order valence-electron chi connectivity index (χ0n) is 25.3. The van der Waals surface area contributed by atoms with Crippen LogP contribution in [0, 0.1) is 0 Å². The Kier molecular flexibility index (Phi) is 13.2. The number of carbonyl (C=O) groups excluding carboxylic acids is 1. The largest absolute Gasteiger partial charge is 0.394 e. The van der Waals surface area contributed by atoms with Gasteiger partial charge in [0.2, 0.25) is 5.91 Å². The molecule has 4 heterocycles. The van der Waals surface area contributed by atoms with Crippen molar-refractivity contribution in [2.75, 3.05) is 19.8 Å². The predicted molar refractivity (Wildman–Crippen MR) is 144 cm³/mol. The molecule has 13 N–H and O–H groups in total. The molecule has 4 aliphatic rings. The molecular weight excluding hydrogens is 646 g/mol. The van der Waals surface area contributed by atoms with Crippen molar-refractivity contribution in [2.24, 2.45) is 0 Å². The Balaban J connectivity index is 1.63. The zero-order valence-corrected chi connectivity index (χ0v) is 25.3. The number of ether oxygens (including phenoxy) is 7. The minimum atomic E-state index is -2.03. The molecular formula is C26H45NO20. The van der Waals surface area contributed by atoms with Crippen LogP contribution in [0.15, 0.2) is 0 Å². The summed E-state index contributed by atoms with van der Waals surface area (Å²) in [7, 11) is 0. The van der Waals surface area contributed by atoms with Crippen LogP contribution in [-0.4, -0.2) is 210 Å². The Hall–Kier alpha value is -1.29. The summed E-state index contributed by atoms with van der Waals surface area (Å²) in [6.45, 7) is -0.114. The van der Waals surface area contributed by atoms with Crippen molar-refractivity contribution in [3.05, 3.63) is 0 Å². The number of carbonyl (C=O) groups is 1. The molecule has 4 saturated heterocycles. The average molecular weight is 692 g/mol. The van der Waals surface area contributed by atoms with E-state index in [2.05, 4.69) is 5.32 Å². The van der Waals surface area contributed by atoms with E-state index in [4.69, 9.17) is 33.2 Å². The minimum absolute atomic E-state index is 0.702. The first-order chi connectivity index (χ1) is 22.1. The van der Waals surface area contributed by atoms with Crippen molar-refractivity contribution in [2.45, 2.75) is 137 Å². The molecule has 0 aromatic rings. The van der Waals surface area contributed by atoms with E-state index >= 15 is 0 Å². The molecule has 21 heteroatoms. The Labute approximate surface area is 267 Å². The highest BCUT2D eigenvalue weighted by atomic mass is 16.8. The van der Waals surface area contributed by atoms with Gasteiger partial charge in [0.15, 0.2) is 25.2 Å². The van der Waals surface area contributed by atoms with Crippen molar-refractivity contribution >= 4 is 5.91 Å².